The van der Waals surface area contributed by atoms with Crippen LogP contribution in [0.4, 0.5) is 0 Å². The molecule has 0 amide bonds. The second-order valence-electron chi connectivity index (χ2n) is 5.89. The second kappa shape index (κ2) is 6.24. The first kappa shape index (κ1) is 13.4. The Balaban J connectivity index is 1.83. The largest absolute Gasteiger partial charge is 0.508 e. The Morgan fingerprint density at radius 1 is 1.28 bits per heavy atom. The third kappa shape index (κ3) is 3.74. The van der Waals surface area contributed by atoms with Gasteiger partial charge in [0.15, 0.2) is 0 Å². The minimum atomic E-state index is 0.398. The maximum absolute atomic E-state index is 9.53. The van der Waals surface area contributed by atoms with Gasteiger partial charge in [-0.1, -0.05) is 26.0 Å². The van der Waals surface area contributed by atoms with Gasteiger partial charge in [-0.05, 0) is 68.4 Å². The van der Waals surface area contributed by atoms with Crippen molar-refractivity contribution in [3.8, 4) is 5.75 Å². The highest BCUT2D eigenvalue weighted by atomic mass is 16.3. The predicted molar refractivity (Wildman–Crippen MR) is 76.0 cm³/mol. The zero-order chi connectivity index (χ0) is 13.0. The molecule has 1 aromatic carbocycles. The van der Waals surface area contributed by atoms with Crippen molar-refractivity contribution in [1.82, 2.24) is 4.90 Å². The molecule has 2 nitrogen and oxygen atoms in total. The van der Waals surface area contributed by atoms with E-state index in [9.17, 15) is 5.11 Å². The van der Waals surface area contributed by atoms with Crippen LogP contribution in [0, 0.1) is 5.92 Å². The van der Waals surface area contributed by atoms with E-state index in [2.05, 4.69) is 24.8 Å². The van der Waals surface area contributed by atoms with Gasteiger partial charge in [0.25, 0.3) is 0 Å². The molecule has 1 heterocycles. The van der Waals surface area contributed by atoms with E-state index in [1.54, 1.807) is 6.07 Å². The minimum absolute atomic E-state index is 0.398. The zero-order valence-corrected chi connectivity index (χ0v) is 11.6. The normalized spacial score (nSPS) is 18.4. The lowest BCUT2D eigenvalue weighted by Gasteiger charge is -2.32. The first-order chi connectivity index (χ1) is 8.65. The number of phenols is 1. The maximum Gasteiger partial charge on any atom is 0.115 e. The number of benzene rings is 1. The highest BCUT2D eigenvalue weighted by Crippen LogP contribution is 2.29. The summed E-state index contributed by atoms with van der Waals surface area (Å²) in [6.07, 6.45) is 3.75. The van der Waals surface area contributed by atoms with Gasteiger partial charge in [0.2, 0.25) is 0 Å². The summed E-state index contributed by atoms with van der Waals surface area (Å²) < 4.78 is 0. The lowest BCUT2D eigenvalue weighted by Crippen LogP contribution is -2.34. The van der Waals surface area contributed by atoms with Crippen LogP contribution in [0.2, 0.25) is 0 Å². The Bertz CT molecular complexity index is 367. The van der Waals surface area contributed by atoms with Crippen molar-refractivity contribution in [2.75, 3.05) is 19.6 Å². The van der Waals surface area contributed by atoms with E-state index in [-0.39, 0.29) is 0 Å². The molecule has 2 rings (SSSR count). The monoisotopic (exact) mass is 247 g/mol. The first-order valence-corrected chi connectivity index (χ1v) is 7.16. The SMILES string of the molecule is CC(C)CCN1CCC(c2cccc(O)c2)CC1. The van der Waals surface area contributed by atoms with E-state index in [0.29, 0.717) is 11.7 Å². The van der Waals surface area contributed by atoms with Crippen molar-refractivity contribution in [3.63, 3.8) is 0 Å². The number of likely N-dealkylation sites (tertiary alicyclic amines) is 1. The van der Waals surface area contributed by atoms with Crippen LogP contribution in [-0.4, -0.2) is 29.6 Å². The smallest absolute Gasteiger partial charge is 0.115 e. The van der Waals surface area contributed by atoms with Crippen molar-refractivity contribution < 1.29 is 5.11 Å². The molecule has 100 valence electrons. The topological polar surface area (TPSA) is 23.5 Å². The summed E-state index contributed by atoms with van der Waals surface area (Å²) in [7, 11) is 0. The fourth-order valence-corrected chi connectivity index (χ4v) is 2.71. The highest BCUT2D eigenvalue weighted by molar-refractivity contribution is 5.29. The van der Waals surface area contributed by atoms with Crippen molar-refractivity contribution in [2.45, 2.75) is 39.0 Å². The summed E-state index contributed by atoms with van der Waals surface area (Å²) in [6, 6.07) is 7.78. The molecule has 1 aliphatic rings. The third-order valence-corrected chi connectivity index (χ3v) is 3.95. The lowest BCUT2D eigenvalue weighted by molar-refractivity contribution is 0.202. The van der Waals surface area contributed by atoms with Crippen LogP contribution in [0.5, 0.6) is 5.75 Å². The van der Waals surface area contributed by atoms with Crippen LogP contribution in [0.3, 0.4) is 0 Å². The molecule has 1 aromatic rings. The average Bonchev–Trinajstić information content (AvgIpc) is 2.37. The predicted octanol–water partition coefficient (Wildman–Crippen LogP) is 3.62. The molecule has 2 heteroatoms. The van der Waals surface area contributed by atoms with Gasteiger partial charge >= 0.3 is 0 Å². The van der Waals surface area contributed by atoms with Crippen molar-refractivity contribution >= 4 is 0 Å². The maximum atomic E-state index is 9.53. The number of phenolic OH excluding ortho intramolecular Hbond substituents is 1. The van der Waals surface area contributed by atoms with E-state index >= 15 is 0 Å². The van der Waals surface area contributed by atoms with Gasteiger partial charge in [-0.3, -0.25) is 0 Å². The van der Waals surface area contributed by atoms with Crippen molar-refractivity contribution in [1.29, 1.82) is 0 Å². The van der Waals surface area contributed by atoms with Crippen LogP contribution < -0.4 is 0 Å². The molecule has 1 fully saturated rings. The van der Waals surface area contributed by atoms with Gasteiger partial charge in [-0.15, -0.1) is 0 Å². The standard InChI is InChI=1S/C16H25NO/c1-13(2)6-9-17-10-7-14(8-11-17)15-4-3-5-16(18)12-15/h3-5,12-14,18H,6-11H2,1-2H3. The number of hydrogen-bond donors (Lipinski definition) is 1. The lowest BCUT2D eigenvalue weighted by atomic mass is 9.89. The Kier molecular flexibility index (Phi) is 4.65. The minimum Gasteiger partial charge on any atom is -0.508 e. The molecule has 0 spiro atoms. The number of rotatable bonds is 4. The van der Waals surface area contributed by atoms with Crippen molar-refractivity contribution in [3.05, 3.63) is 29.8 Å². The highest BCUT2D eigenvalue weighted by Gasteiger charge is 2.20. The van der Waals surface area contributed by atoms with Crippen LogP contribution in [0.25, 0.3) is 0 Å². The Labute approximate surface area is 111 Å². The first-order valence-electron chi connectivity index (χ1n) is 7.16. The Hall–Kier alpha value is -1.02. The van der Waals surface area contributed by atoms with E-state index in [4.69, 9.17) is 0 Å². The van der Waals surface area contributed by atoms with Crippen LogP contribution in [0.15, 0.2) is 24.3 Å². The Morgan fingerprint density at radius 3 is 2.61 bits per heavy atom. The molecule has 1 saturated heterocycles. The molecular weight excluding hydrogens is 222 g/mol. The molecule has 0 saturated carbocycles. The summed E-state index contributed by atoms with van der Waals surface area (Å²) in [6.45, 7) is 8.23. The second-order valence-corrected chi connectivity index (χ2v) is 5.89. The number of aromatic hydroxyl groups is 1. The van der Waals surface area contributed by atoms with Gasteiger partial charge in [0.05, 0.1) is 0 Å². The summed E-state index contributed by atoms with van der Waals surface area (Å²) in [5.41, 5.74) is 1.30. The van der Waals surface area contributed by atoms with Crippen LogP contribution in [0.1, 0.15) is 44.6 Å². The molecule has 0 radical (unpaired) electrons. The summed E-state index contributed by atoms with van der Waals surface area (Å²) in [5.74, 6) is 1.83. The summed E-state index contributed by atoms with van der Waals surface area (Å²) >= 11 is 0. The molecule has 1 aliphatic heterocycles. The van der Waals surface area contributed by atoms with Gasteiger partial charge in [-0.25, -0.2) is 0 Å². The molecule has 0 unspecified atom stereocenters. The van der Waals surface area contributed by atoms with E-state index < -0.39 is 0 Å². The van der Waals surface area contributed by atoms with Gasteiger partial charge in [0, 0.05) is 0 Å². The summed E-state index contributed by atoms with van der Waals surface area (Å²) in [5, 5.41) is 9.53. The van der Waals surface area contributed by atoms with Gasteiger partial charge in [0.1, 0.15) is 5.75 Å². The van der Waals surface area contributed by atoms with Gasteiger partial charge < -0.3 is 10.0 Å². The van der Waals surface area contributed by atoms with Crippen LogP contribution in [-0.2, 0) is 0 Å². The van der Waals surface area contributed by atoms with E-state index in [0.717, 1.165) is 5.92 Å². The average molecular weight is 247 g/mol. The van der Waals surface area contributed by atoms with Gasteiger partial charge in [-0.2, -0.15) is 0 Å². The van der Waals surface area contributed by atoms with Crippen molar-refractivity contribution in [2.24, 2.45) is 5.92 Å². The fourth-order valence-electron chi connectivity index (χ4n) is 2.71. The summed E-state index contributed by atoms with van der Waals surface area (Å²) in [4.78, 5) is 2.58. The molecule has 18 heavy (non-hydrogen) atoms. The molecule has 0 atom stereocenters. The number of piperidine rings is 1. The fraction of sp³-hybridized carbons (Fsp3) is 0.625. The quantitative estimate of drug-likeness (QED) is 0.878. The molecular formula is C16H25NO. The number of hydrogen-bond acceptors (Lipinski definition) is 2. The number of nitrogens with zero attached hydrogens (tertiary/aromatic N) is 1. The third-order valence-electron chi connectivity index (χ3n) is 3.95. The molecule has 0 aliphatic carbocycles. The van der Waals surface area contributed by atoms with E-state index in [1.807, 2.05) is 12.1 Å². The zero-order valence-electron chi connectivity index (χ0n) is 11.6. The Morgan fingerprint density at radius 2 is 2.00 bits per heavy atom. The molecule has 0 bridgehead atoms. The van der Waals surface area contributed by atoms with E-state index in [1.165, 1.54) is 44.5 Å². The molecule has 0 aromatic heterocycles. The molecule has 1 N–H and O–H groups in total. The van der Waals surface area contributed by atoms with Crippen LogP contribution >= 0.6 is 0 Å².